The molecule has 0 aliphatic heterocycles. The van der Waals surface area contributed by atoms with E-state index in [4.69, 9.17) is 9.97 Å². The summed E-state index contributed by atoms with van der Waals surface area (Å²) < 4.78 is 2.62. The van der Waals surface area contributed by atoms with Crippen molar-refractivity contribution in [2.24, 2.45) is 0 Å². The second-order valence-corrected chi connectivity index (χ2v) is 16.4. The van der Waals surface area contributed by atoms with E-state index in [1.807, 2.05) is 17.4 Å². The lowest BCUT2D eigenvalue weighted by molar-refractivity contribution is 0.660. The molecule has 0 amide bonds. The number of hydrogen-bond acceptors (Lipinski definition) is 3. The highest BCUT2D eigenvalue weighted by Crippen LogP contribution is 2.50. The van der Waals surface area contributed by atoms with Gasteiger partial charge in [0.25, 0.3) is 0 Å². The molecule has 2 heterocycles. The molecule has 8 aromatic carbocycles. The molecule has 2 nitrogen and oxygen atoms in total. The maximum absolute atomic E-state index is 5.34. The highest BCUT2D eigenvalue weighted by Gasteiger charge is 2.35. The molecule has 10 aromatic rings. The normalized spacial score (nSPS) is 13.0. The van der Waals surface area contributed by atoms with Gasteiger partial charge in [0.15, 0.2) is 5.82 Å². The zero-order valence-electron chi connectivity index (χ0n) is 31.1. The number of aromatic nitrogens is 2. The fourth-order valence-corrected chi connectivity index (χ4v) is 10.1. The summed E-state index contributed by atoms with van der Waals surface area (Å²) in [5.41, 5.74) is 14.9. The van der Waals surface area contributed by atoms with E-state index in [1.165, 1.54) is 69.9 Å². The van der Waals surface area contributed by atoms with Crippen LogP contribution < -0.4 is 0 Å². The summed E-state index contributed by atoms with van der Waals surface area (Å²) in [5.74, 6) is 0.711. The Morgan fingerprint density at radius 3 is 1.86 bits per heavy atom. The van der Waals surface area contributed by atoms with Crippen molar-refractivity contribution in [2.75, 3.05) is 0 Å². The van der Waals surface area contributed by atoms with Crippen LogP contribution in [-0.4, -0.2) is 9.97 Å². The topological polar surface area (TPSA) is 25.8 Å². The van der Waals surface area contributed by atoms with E-state index in [-0.39, 0.29) is 5.41 Å². The number of rotatable bonds is 5. The lowest BCUT2D eigenvalue weighted by atomic mass is 9.82. The molecule has 1 aliphatic carbocycles. The van der Waals surface area contributed by atoms with Crippen molar-refractivity contribution in [3.63, 3.8) is 0 Å². The molecule has 0 radical (unpaired) electrons. The van der Waals surface area contributed by atoms with Crippen molar-refractivity contribution in [3.05, 3.63) is 193 Å². The van der Waals surface area contributed by atoms with E-state index in [1.54, 1.807) is 0 Å². The number of fused-ring (bicyclic) bond motifs is 8. The Balaban J connectivity index is 1.17. The van der Waals surface area contributed by atoms with Crippen molar-refractivity contribution in [3.8, 4) is 67.3 Å². The van der Waals surface area contributed by atoms with Gasteiger partial charge in [0.2, 0.25) is 0 Å². The molecule has 0 atom stereocenters. The first kappa shape index (κ1) is 32.7. The molecular formula is C53H36N2S. The molecule has 0 saturated carbocycles. The predicted molar refractivity (Wildman–Crippen MR) is 237 cm³/mol. The minimum absolute atomic E-state index is 0.0628. The van der Waals surface area contributed by atoms with Gasteiger partial charge < -0.3 is 0 Å². The van der Waals surface area contributed by atoms with Crippen LogP contribution in [-0.2, 0) is 5.41 Å². The monoisotopic (exact) mass is 732 g/mol. The molecule has 1 aliphatic rings. The summed E-state index contributed by atoms with van der Waals surface area (Å²) in [6, 6.07) is 65.9. The Morgan fingerprint density at radius 2 is 1.04 bits per heavy atom. The fourth-order valence-electron chi connectivity index (χ4n) is 8.85. The Bertz CT molecular complexity index is 3160. The molecule has 56 heavy (non-hydrogen) atoms. The number of thiophene rings is 1. The van der Waals surface area contributed by atoms with Crippen LogP contribution in [0, 0.1) is 0 Å². The van der Waals surface area contributed by atoms with Gasteiger partial charge in [0.05, 0.1) is 11.4 Å². The van der Waals surface area contributed by atoms with E-state index in [9.17, 15) is 0 Å². The summed E-state index contributed by atoms with van der Waals surface area (Å²) in [5, 5.41) is 5.12. The molecule has 0 bridgehead atoms. The van der Waals surface area contributed by atoms with Gasteiger partial charge in [-0.2, -0.15) is 0 Å². The Labute approximate surface area is 330 Å². The third-order valence-electron chi connectivity index (χ3n) is 11.7. The van der Waals surface area contributed by atoms with Gasteiger partial charge in [0.1, 0.15) is 0 Å². The van der Waals surface area contributed by atoms with E-state index < -0.39 is 0 Å². The quantitative estimate of drug-likeness (QED) is 0.176. The summed E-state index contributed by atoms with van der Waals surface area (Å²) in [4.78, 5) is 10.6. The molecule has 3 heteroatoms. The van der Waals surface area contributed by atoms with Crippen molar-refractivity contribution in [1.82, 2.24) is 9.97 Å². The van der Waals surface area contributed by atoms with Gasteiger partial charge in [-0.15, -0.1) is 11.3 Å². The van der Waals surface area contributed by atoms with Crippen LogP contribution >= 0.6 is 11.3 Å². The summed E-state index contributed by atoms with van der Waals surface area (Å²) in [6.45, 7) is 4.65. The second kappa shape index (κ2) is 12.7. The summed E-state index contributed by atoms with van der Waals surface area (Å²) >= 11 is 1.88. The molecular weight excluding hydrogens is 697 g/mol. The van der Waals surface area contributed by atoms with Gasteiger partial charge in [-0.3, -0.25) is 0 Å². The highest BCUT2D eigenvalue weighted by atomic mass is 32.1. The Hall–Kier alpha value is -6.68. The minimum Gasteiger partial charge on any atom is -0.228 e. The SMILES string of the molecule is CC1(C)c2ccccc2-c2cc(-c3cc(-c4cc(-c5ccccc5)cc(-c5cc6ccccc6c6sc7ccccc7c56)c4)nc(-c4ccccc4)n3)ccc21. The van der Waals surface area contributed by atoms with Gasteiger partial charge in [-0.05, 0) is 97.7 Å². The number of hydrogen-bond donors (Lipinski definition) is 0. The molecule has 0 fully saturated rings. The summed E-state index contributed by atoms with van der Waals surface area (Å²) in [7, 11) is 0. The largest absolute Gasteiger partial charge is 0.228 e. The van der Waals surface area contributed by atoms with Crippen LogP contribution in [0.4, 0.5) is 0 Å². The lowest BCUT2D eigenvalue weighted by Crippen LogP contribution is -2.14. The molecule has 0 saturated heterocycles. The van der Waals surface area contributed by atoms with Crippen LogP contribution in [0.25, 0.3) is 98.2 Å². The molecule has 2 aromatic heterocycles. The smallest absolute Gasteiger partial charge is 0.160 e. The van der Waals surface area contributed by atoms with Crippen molar-refractivity contribution >= 4 is 42.3 Å². The first-order valence-electron chi connectivity index (χ1n) is 19.2. The third-order valence-corrected chi connectivity index (χ3v) is 12.9. The van der Waals surface area contributed by atoms with Crippen LogP contribution in [0.1, 0.15) is 25.0 Å². The van der Waals surface area contributed by atoms with Gasteiger partial charge in [0, 0.05) is 42.3 Å². The van der Waals surface area contributed by atoms with Gasteiger partial charge in [-0.1, -0.05) is 153 Å². The van der Waals surface area contributed by atoms with Crippen molar-refractivity contribution in [2.45, 2.75) is 19.3 Å². The van der Waals surface area contributed by atoms with Crippen molar-refractivity contribution in [1.29, 1.82) is 0 Å². The Morgan fingerprint density at radius 1 is 0.411 bits per heavy atom. The van der Waals surface area contributed by atoms with E-state index >= 15 is 0 Å². The van der Waals surface area contributed by atoms with Crippen LogP contribution in [0.2, 0.25) is 0 Å². The highest BCUT2D eigenvalue weighted by molar-refractivity contribution is 7.26. The maximum atomic E-state index is 5.34. The predicted octanol–water partition coefficient (Wildman–Crippen LogP) is 14.6. The first-order valence-corrected chi connectivity index (χ1v) is 20.0. The van der Waals surface area contributed by atoms with Crippen LogP contribution in [0.15, 0.2) is 182 Å². The van der Waals surface area contributed by atoms with Crippen molar-refractivity contribution < 1.29 is 0 Å². The molecule has 0 unspecified atom stereocenters. The standard InChI is InChI=1S/C53H36N2S/c1-53(2)45-23-13-11-21-41(45)44-31-36(25-26-46(44)53)47-32-48(55-52(54-47)34-17-7-4-8-18-34)39-28-37(33-15-5-3-6-16-33)27-38(29-39)43-30-35-19-9-10-20-40(35)51-50(43)42-22-12-14-24-49(42)56-51/h3-32H,1-2H3. The second-order valence-electron chi connectivity index (χ2n) is 15.4. The zero-order chi connectivity index (χ0) is 37.4. The number of benzene rings is 8. The maximum Gasteiger partial charge on any atom is 0.160 e. The lowest BCUT2D eigenvalue weighted by Gasteiger charge is -2.21. The Kier molecular flexibility index (Phi) is 7.42. The minimum atomic E-state index is -0.0628. The molecule has 11 rings (SSSR count). The molecule has 264 valence electrons. The fraction of sp³-hybridized carbons (Fsp3) is 0.0566. The van der Waals surface area contributed by atoms with E-state index in [0.29, 0.717) is 5.82 Å². The molecule has 0 spiro atoms. The van der Waals surface area contributed by atoms with Crippen LogP contribution in [0.5, 0.6) is 0 Å². The van der Waals surface area contributed by atoms with Gasteiger partial charge >= 0.3 is 0 Å². The van der Waals surface area contributed by atoms with E-state index in [2.05, 4.69) is 190 Å². The summed E-state index contributed by atoms with van der Waals surface area (Å²) in [6.07, 6.45) is 0. The average molecular weight is 733 g/mol. The number of nitrogens with zero attached hydrogens (tertiary/aromatic N) is 2. The third kappa shape index (κ3) is 5.23. The molecule has 0 N–H and O–H groups in total. The first-order chi connectivity index (χ1) is 27.5. The van der Waals surface area contributed by atoms with E-state index in [0.717, 1.165) is 33.6 Å². The van der Waals surface area contributed by atoms with Gasteiger partial charge in [-0.25, -0.2) is 9.97 Å². The van der Waals surface area contributed by atoms with Crippen LogP contribution in [0.3, 0.4) is 0 Å². The average Bonchev–Trinajstić information content (AvgIpc) is 3.76. The zero-order valence-corrected chi connectivity index (χ0v) is 31.9.